The Balaban J connectivity index is 1.81. The summed E-state index contributed by atoms with van der Waals surface area (Å²) in [5.74, 6) is 0.236. The highest BCUT2D eigenvalue weighted by Gasteiger charge is 2.30. The van der Waals surface area contributed by atoms with Crippen LogP contribution in [0.15, 0.2) is 0 Å². The van der Waals surface area contributed by atoms with Crippen molar-refractivity contribution in [2.24, 2.45) is 0 Å². The van der Waals surface area contributed by atoms with Crippen molar-refractivity contribution in [3.05, 3.63) is 0 Å². The highest BCUT2D eigenvalue weighted by atomic mass is 32.2. The molecule has 1 saturated heterocycles. The van der Waals surface area contributed by atoms with E-state index in [4.69, 9.17) is 0 Å². The number of carbonyl (C=O) groups is 1. The van der Waals surface area contributed by atoms with Gasteiger partial charge in [0.05, 0.1) is 11.5 Å². The van der Waals surface area contributed by atoms with Crippen LogP contribution in [0.25, 0.3) is 0 Å². The summed E-state index contributed by atoms with van der Waals surface area (Å²) in [6.07, 6.45) is 5.68. The van der Waals surface area contributed by atoms with E-state index in [0.717, 1.165) is 19.3 Å². The van der Waals surface area contributed by atoms with Gasteiger partial charge in [-0.3, -0.25) is 4.79 Å². The maximum Gasteiger partial charge on any atom is 0.221 e. The van der Waals surface area contributed by atoms with Crippen molar-refractivity contribution in [2.75, 3.05) is 24.3 Å². The van der Waals surface area contributed by atoms with Gasteiger partial charge in [-0.25, -0.2) is 8.42 Å². The molecule has 7 heteroatoms. The van der Waals surface area contributed by atoms with E-state index < -0.39 is 9.84 Å². The number of nitrogens with one attached hydrogen (secondary N) is 2. The lowest BCUT2D eigenvalue weighted by Crippen LogP contribution is -2.48. The Morgan fingerprint density at radius 1 is 1.42 bits per heavy atom. The number of thioether (sulfide) groups is 1. The molecule has 0 spiro atoms. The smallest absolute Gasteiger partial charge is 0.221 e. The zero-order valence-electron chi connectivity index (χ0n) is 11.2. The highest BCUT2D eigenvalue weighted by Crippen LogP contribution is 2.28. The molecule has 0 aromatic heterocycles. The van der Waals surface area contributed by atoms with Crippen LogP contribution in [-0.4, -0.2) is 56.0 Å². The summed E-state index contributed by atoms with van der Waals surface area (Å²) < 4.78 is 23.0. The van der Waals surface area contributed by atoms with Gasteiger partial charge in [0.15, 0.2) is 9.84 Å². The third kappa shape index (κ3) is 4.36. The van der Waals surface area contributed by atoms with E-state index in [1.165, 1.54) is 0 Å². The summed E-state index contributed by atoms with van der Waals surface area (Å²) in [4.78, 5) is 12.0. The fourth-order valence-corrected chi connectivity index (χ4v) is 5.24. The van der Waals surface area contributed by atoms with Gasteiger partial charge < -0.3 is 10.6 Å². The van der Waals surface area contributed by atoms with Crippen molar-refractivity contribution in [2.45, 2.75) is 43.0 Å². The summed E-state index contributed by atoms with van der Waals surface area (Å²) in [5.41, 5.74) is 0. The maximum atomic E-state index is 12.0. The second-order valence-electron chi connectivity index (χ2n) is 5.35. The first-order chi connectivity index (χ1) is 9.00. The van der Waals surface area contributed by atoms with Crippen LogP contribution in [0.2, 0.25) is 0 Å². The number of rotatable bonds is 4. The predicted molar refractivity (Wildman–Crippen MR) is 78.1 cm³/mol. The number of sulfone groups is 1. The quantitative estimate of drug-likeness (QED) is 0.774. The molecule has 2 rings (SSSR count). The monoisotopic (exact) mass is 306 g/mol. The van der Waals surface area contributed by atoms with Crippen molar-refractivity contribution >= 4 is 27.5 Å². The fourth-order valence-electron chi connectivity index (χ4n) is 2.86. The maximum absolute atomic E-state index is 12.0. The van der Waals surface area contributed by atoms with Crippen LogP contribution < -0.4 is 10.6 Å². The Kier molecular flexibility index (Phi) is 5.14. The summed E-state index contributed by atoms with van der Waals surface area (Å²) in [6.45, 7) is 0.456. The van der Waals surface area contributed by atoms with E-state index in [0.29, 0.717) is 11.8 Å². The number of amides is 1. The molecule has 2 N–H and O–H groups in total. The molecule has 2 fully saturated rings. The number of hydrogen-bond donors (Lipinski definition) is 2. The Labute approximate surface area is 119 Å². The first-order valence-electron chi connectivity index (χ1n) is 6.76. The third-order valence-corrected chi connectivity index (χ3v) is 6.74. The van der Waals surface area contributed by atoms with Crippen molar-refractivity contribution in [3.63, 3.8) is 0 Å². The highest BCUT2D eigenvalue weighted by molar-refractivity contribution is 7.99. The van der Waals surface area contributed by atoms with E-state index in [1.54, 1.807) is 11.8 Å². The van der Waals surface area contributed by atoms with Gasteiger partial charge in [-0.2, -0.15) is 11.8 Å². The minimum Gasteiger partial charge on any atom is -0.352 e. The molecular formula is C12H22N2O3S2. The Hall–Kier alpha value is -0.270. The summed E-state index contributed by atoms with van der Waals surface area (Å²) >= 11 is 1.80. The van der Waals surface area contributed by atoms with Crippen LogP contribution in [0.1, 0.15) is 25.7 Å². The molecular weight excluding hydrogens is 284 g/mol. The van der Waals surface area contributed by atoms with Gasteiger partial charge in [0.25, 0.3) is 0 Å². The summed E-state index contributed by atoms with van der Waals surface area (Å²) in [7, 11) is -2.97. The minimum absolute atomic E-state index is 0.0273. The fraction of sp³-hybridized carbons (Fsp3) is 0.917. The van der Waals surface area contributed by atoms with Gasteiger partial charge >= 0.3 is 0 Å². The number of hydrogen-bond acceptors (Lipinski definition) is 5. The molecule has 110 valence electrons. The lowest BCUT2D eigenvalue weighted by molar-refractivity contribution is -0.122. The van der Waals surface area contributed by atoms with Crippen LogP contribution in [0.4, 0.5) is 0 Å². The lowest BCUT2D eigenvalue weighted by Gasteiger charge is -2.25. The lowest BCUT2D eigenvalue weighted by atomic mass is 10.2. The van der Waals surface area contributed by atoms with E-state index in [1.807, 2.05) is 0 Å². The van der Waals surface area contributed by atoms with Crippen molar-refractivity contribution in [1.82, 2.24) is 10.6 Å². The van der Waals surface area contributed by atoms with Crippen LogP contribution >= 0.6 is 11.8 Å². The molecule has 0 bridgehead atoms. The molecule has 5 nitrogen and oxygen atoms in total. The molecule has 0 aromatic carbocycles. The largest absolute Gasteiger partial charge is 0.352 e. The zero-order chi connectivity index (χ0) is 13.9. The summed E-state index contributed by atoms with van der Waals surface area (Å²) in [6, 6.07) is 0.0237. The molecule has 3 unspecified atom stereocenters. The molecule has 3 atom stereocenters. The van der Waals surface area contributed by atoms with Gasteiger partial charge in [0, 0.05) is 30.3 Å². The molecule has 1 aliphatic carbocycles. The van der Waals surface area contributed by atoms with Gasteiger partial charge in [0.1, 0.15) is 0 Å². The van der Waals surface area contributed by atoms with Crippen LogP contribution in [0.5, 0.6) is 0 Å². The number of carbonyl (C=O) groups excluding carboxylic acids is 1. The average molecular weight is 306 g/mol. The molecule has 2 aliphatic rings. The Morgan fingerprint density at radius 2 is 2.21 bits per heavy atom. The van der Waals surface area contributed by atoms with Crippen LogP contribution in [-0.2, 0) is 14.6 Å². The Morgan fingerprint density at radius 3 is 2.89 bits per heavy atom. The second-order valence-corrected chi connectivity index (χ2v) is 8.65. The van der Waals surface area contributed by atoms with Gasteiger partial charge in [-0.1, -0.05) is 6.42 Å². The zero-order valence-corrected chi connectivity index (χ0v) is 12.9. The van der Waals surface area contributed by atoms with E-state index in [9.17, 15) is 13.2 Å². The molecule has 1 heterocycles. The average Bonchev–Trinajstić information content (AvgIpc) is 2.74. The topological polar surface area (TPSA) is 75.3 Å². The first kappa shape index (κ1) is 15.1. The van der Waals surface area contributed by atoms with Crippen LogP contribution in [0, 0.1) is 0 Å². The molecule has 1 aliphatic heterocycles. The van der Waals surface area contributed by atoms with Gasteiger partial charge in [-0.15, -0.1) is 0 Å². The van der Waals surface area contributed by atoms with E-state index in [-0.39, 0.29) is 35.9 Å². The van der Waals surface area contributed by atoms with E-state index >= 15 is 0 Å². The van der Waals surface area contributed by atoms with E-state index in [2.05, 4.69) is 16.9 Å². The van der Waals surface area contributed by atoms with Crippen molar-refractivity contribution in [3.8, 4) is 0 Å². The predicted octanol–water partition coefficient (Wildman–Crippen LogP) is 0.163. The minimum atomic E-state index is -2.97. The Bertz CT molecular complexity index is 425. The molecule has 1 amide bonds. The van der Waals surface area contributed by atoms with Crippen LogP contribution in [0.3, 0.4) is 0 Å². The SMILES string of the molecule is CSC1CCCC1NC(=O)CC1CS(=O)(=O)CCN1. The summed E-state index contributed by atoms with van der Waals surface area (Å²) in [5, 5.41) is 6.68. The molecule has 0 radical (unpaired) electrons. The third-order valence-electron chi connectivity index (χ3n) is 3.83. The molecule has 1 saturated carbocycles. The normalized spacial score (nSPS) is 34.1. The standard InChI is InChI=1S/C12H22N2O3S2/c1-18-11-4-2-3-10(11)14-12(15)7-9-8-19(16,17)6-5-13-9/h9-11,13H,2-8H2,1H3,(H,14,15). The van der Waals surface area contributed by atoms with Gasteiger partial charge in [-0.05, 0) is 19.1 Å². The van der Waals surface area contributed by atoms with Crippen molar-refractivity contribution < 1.29 is 13.2 Å². The second kappa shape index (κ2) is 6.45. The van der Waals surface area contributed by atoms with Crippen molar-refractivity contribution in [1.29, 1.82) is 0 Å². The molecule has 19 heavy (non-hydrogen) atoms. The van der Waals surface area contributed by atoms with Gasteiger partial charge in [0.2, 0.25) is 5.91 Å². The first-order valence-corrected chi connectivity index (χ1v) is 9.87. The molecule has 0 aromatic rings.